The van der Waals surface area contributed by atoms with E-state index in [1.165, 1.54) is 6.07 Å². The molecule has 0 saturated carbocycles. The Morgan fingerprint density at radius 1 is 1.00 bits per heavy atom. The van der Waals surface area contributed by atoms with Gasteiger partial charge in [-0.1, -0.05) is 18.2 Å². The SMILES string of the molecule is N#C/C(=C\c1cn(-c2ccccc2)nc1-c1ccncc1)c1ccc(C(F)(F)F)cn1. The quantitative estimate of drug-likeness (QED) is 0.416. The number of alkyl halides is 3. The van der Waals surface area contributed by atoms with Gasteiger partial charge in [-0.25, -0.2) is 4.68 Å². The van der Waals surface area contributed by atoms with E-state index in [1.54, 1.807) is 41.5 Å². The summed E-state index contributed by atoms with van der Waals surface area (Å²) in [5.74, 6) is 0. The van der Waals surface area contributed by atoms with E-state index < -0.39 is 11.7 Å². The van der Waals surface area contributed by atoms with Crippen LogP contribution >= 0.6 is 0 Å². The molecule has 5 nitrogen and oxygen atoms in total. The molecule has 0 spiro atoms. The highest BCUT2D eigenvalue weighted by atomic mass is 19.4. The lowest BCUT2D eigenvalue weighted by Crippen LogP contribution is -2.05. The molecule has 0 N–H and O–H groups in total. The van der Waals surface area contributed by atoms with Crippen LogP contribution in [0.25, 0.3) is 28.6 Å². The zero-order valence-electron chi connectivity index (χ0n) is 16.0. The first kappa shape index (κ1) is 20.0. The molecule has 3 aromatic heterocycles. The molecule has 0 aliphatic heterocycles. The topological polar surface area (TPSA) is 67.4 Å². The van der Waals surface area contributed by atoms with Crippen LogP contribution in [0.3, 0.4) is 0 Å². The van der Waals surface area contributed by atoms with E-state index in [2.05, 4.69) is 15.1 Å². The molecule has 1 aromatic carbocycles. The van der Waals surface area contributed by atoms with Crippen molar-refractivity contribution in [3.8, 4) is 23.0 Å². The van der Waals surface area contributed by atoms with Crippen LogP contribution in [0.1, 0.15) is 16.8 Å². The van der Waals surface area contributed by atoms with Gasteiger partial charge in [-0.05, 0) is 42.5 Å². The summed E-state index contributed by atoms with van der Waals surface area (Å²) >= 11 is 0. The zero-order chi connectivity index (χ0) is 21.8. The number of para-hydroxylation sites is 1. The highest BCUT2D eigenvalue weighted by Gasteiger charge is 2.30. The first-order valence-corrected chi connectivity index (χ1v) is 9.16. The average molecular weight is 417 g/mol. The molecule has 0 amide bonds. The predicted octanol–water partition coefficient (Wildman–Crippen LogP) is 5.41. The van der Waals surface area contributed by atoms with Gasteiger partial charge >= 0.3 is 6.18 Å². The van der Waals surface area contributed by atoms with E-state index in [4.69, 9.17) is 0 Å². The second-order valence-electron chi connectivity index (χ2n) is 6.55. The molecule has 0 aliphatic rings. The van der Waals surface area contributed by atoms with Gasteiger partial charge in [0.2, 0.25) is 0 Å². The lowest BCUT2D eigenvalue weighted by atomic mass is 10.1. The number of nitriles is 1. The van der Waals surface area contributed by atoms with E-state index in [9.17, 15) is 18.4 Å². The number of hydrogen-bond acceptors (Lipinski definition) is 4. The highest BCUT2D eigenvalue weighted by molar-refractivity contribution is 5.91. The summed E-state index contributed by atoms with van der Waals surface area (Å²) in [7, 11) is 0. The largest absolute Gasteiger partial charge is 0.417 e. The Morgan fingerprint density at radius 2 is 1.74 bits per heavy atom. The van der Waals surface area contributed by atoms with Crippen molar-refractivity contribution in [1.82, 2.24) is 19.7 Å². The van der Waals surface area contributed by atoms with Crippen molar-refractivity contribution in [1.29, 1.82) is 5.26 Å². The van der Waals surface area contributed by atoms with Crippen LogP contribution in [0.4, 0.5) is 13.2 Å². The van der Waals surface area contributed by atoms with Gasteiger partial charge in [0.25, 0.3) is 0 Å². The number of rotatable bonds is 4. The molecule has 0 aliphatic carbocycles. The summed E-state index contributed by atoms with van der Waals surface area (Å²) in [6.45, 7) is 0. The van der Waals surface area contributed by atoms with Crippen LogP contribution in [0, 0.1) is 11.3 Å². The standard InChI is InChI=1S/C23H14F3N5/c24-23(25,26)19-6-7-21(29-14-19)17(13-27)12-18-15-31(20-4-2-1-3-5-20)30-22(18)16-8-10-28-11-9-16/h1-12,14-15H/b17-12+. The van der Waals surface area contributed by atoms with Crippen LogP contribution < -0.4 is 0 Å². The maximum Gasteiger partial charge on any atom is 0.417 e. The fourth-order valence-corrected chi connectivity index (χ4v) is 2.98. The first-order valence-electron chi connectivity index (χ1n) is 9.16. The summed E-state index contributed by atoms with van der Waals surface area (Å²) in [6, 6.07) is 17.1. The molecule has 0 bridgehead atoms. The number of allylic oxidation sites excluding steroid dienone is 1. The molecule has 31 heavy (non-hydrogen) atoms. The third-order valence-corrected chi connectivity index (χ3v) is 4.50. The van der Waals surface area contributed by atoms with E-state index in [-0.39, 0.29) is 11.3 Å². The molecule has 152 valence electrons. The molecule has 0 fully saturated rings. The number of hydrogen-bond donors (Lipinski definition) is 0. The molecule has 8 heteroatoms. The van der Waals surface area contributed by atoms with E-state index in [0.29, 0.717) is 11.3 Å². The van der Waals surface area contributed by atoms with Crippen molar-refractivity contribution in [3.05, 3.63) is 96.2 Å². The monoisotopic (exact) mass is 417 g/mol. The van der Waals surface area contributed by atoms with Crippen LogP contribution in [-0.4, -0.2) is 19.7 Å². The second kappa shape index (κ2) is 8.24. The lowest BCUT2D eigenvalue weighted by Gasteiger charge is -2.06. The lowest BCUT2D eigenvalue weighted by molar-refractivity contribution is -0.137. The maximum atomic E-state index is 12.8. The predicted molar refractivity (Wildman–Crippen MR) is 110 cm³/mol. The zero-order valence-corrected chi connectivity index (χ0v) is 16.0. The smallest absolute Gasteiger partial charge is 0.265 e. The Morgan fingerprint density at radius 3 is 2.35 bits per heavy atom. The molecule has 4 rings (SSSR count). The van der Waals surface area contributed by atoms with Crippen LogP contribution in [0.15, 0.2) is 79.4 Å². The molecular formula is C23H14F3N5. The fourth-order valence-electron chi connectivity index (χ4n) is 2.98. The summed E-state index contributed by atoms with van der Waals surface area (Å²) < 4.78 is 40.1. The minimum absolute atomic E-state index is 0.122. The third kappa shape index (κ3) is 4.36. The normalized spacial score (nSPS) is 11.9. The molecule has 0 radical (unpaired) electrons. The molecule has 3 heterocycles. The molecule has 0 unspecified atom stereocenters. The van der Waals surface area contributed by atoms with Crippen molar-refractivity contribution < 1.29 is 13.2 Å². The van der Waals surface area contributed by atoms with Crippen LogP contribution in [0.2, 0.25) is 0 Å². The second-order valence-corrected chi connectivity index (χ2v) is 6.55. The molecular weight excluding hydrogens is 403 g/mol. The number of halogens is 3. The summed E-state index contributed by atoms with van der Waals surface area (Å²) in [5.41, 5.74) is 2.22. The highest BCUT2D eigenvalue weighted by Crippen LogP contribution is 2.30. The van der Waals surface area contributed by atoms with Gasteiger partial charge in [-0.15, -0.1) is 0 Å². The van der Waals surface area contributed by atoms with Crippen molar-refractivity contribution in [2.24, 2.45) is 0 Å². The maximum absolute atomic E-state index is 12.8. The number of nitrogens with zero attached hydrogens (tertiary/aromatic N) is 5. The number of aromatic nitrogens is 4. The van der Waals surface area contributed by atoms with Gasteiger partial charge in [0, 0.05) is 35.9 Å². The Bertz CT molecular complexity index is 1250. The van der Waals surface area contributed by atoms with Gasteiger partial charge in [0.05, 0.1) is 22.5 Å². The Labute approximate surface area is 175 Å². The number of benzene rings is 1. The van der Waals surface area contributed by atoms with E-state index in [1.807, 2.05) is 36.4 Å². The van der Waals surface area contributed by atoms with E-state index in [0.717, 1.165) is 23.5 Å². The minimum atomic E-state index is -4.49. The fraction of sp³-hybridized carbons (Fsp3) is 0.0435. The first-order chi connectivity index (χ1) is 15.0. The Balaban J connectivity index is 1.81. The minimum Gasteiger partial charge on any atom is -0.265 e. The van der Waals surface area contributed by atoms with Crippen molar-refractivity contribution in [3.63, 3.8) is 0 Å². The Hall–Kier alpha value is -4.25. The third-order valence-electron chi connectivity index (χ3n) is 4.50. The molecule has 4 aromatic rings. The van der Waals surface area contributed by atoms with Crippen LogP contribution in [-0.2, 0) is 6.18 Å². The molecule has 0 saturated heterocycles. The summed E-state index contributed by atoms with van der Waals surface area (Å²) in [6.07, 6.45) is 2.81. The molecule has 0 atom stereocenters. The number of pyridine rings is 2. The Kier molecular flexibility index (Phi) is 5.33. The van der Waals surface area contributed by atoms with Crippen molar-refractivity contribution >= 4 is 11.6 Å². The van der Waals surface area contributed by atoms with Gasteiger partial charge in [0.1, 0.15) is 11.8 Å². The van der Waals surface area contributed by atoms with Gasteiger partial charge in [-0.2, -0.15) is 23.5 Å². The van der Waals surface area contributed by atoms with Gasteiger partial charge < -0.3 is 0 Å². The summed E-state index contributed by atoms with van der Waals surface area (Å²) in [4.78, 5) is 7.85. The van der Waals surface area contributed by atoms with Crippen molar-refractivity contribution in [2.45, 2.75) is 6.18 Å². The average Bonchev–Trinajstić information content (AvgIpc) is 3.22. The summed E-state index contributed by atoms with van der Waals surface area (Å²) in [5, 5.41) is 14.3. The van der Waals surface area contributed by atoms with Gasteiger partial charge in [-0.3, -0.25) is 9.97 Å². The van der Waals surface area contributed by atoms with Gasteiger partial charge in [0.15, 0.2) is 0 Å². The van der Waals surface area contributed by atoms with Crippen LogP contribution in [0.5, 0.6) is 0 Å². The van der Waals surface area contributed by atoms with Crippen molar-refractivity contribution in [2.75, 3.05) is 0 Å². The van der Waals surface area contributed by atoms with E-state index >= 15 is 0 Å².